The van der Waals surface area contributed by atoms with E-state index in [2.05, 4.69) is 42.0 Å². The number of hydrogen-bond acceptors (Lipinski definition) is 8. The minimum Gasteiger partial charge on any atom is -0.480 e. The first-order valence-electron chi connectivity index (χ1n) is 11.3. The molecule has 0 aliphatic carbocycles. The monoisotopic (exact) mass is 429 g/mol. The van der Waals surface area contributed by atoms with Gasteiger partial charge in [-0.05, 0) is 56.9 Å². The molecule has 3 aromatic rings. The second-order valence-corrected chi connectivity index (χ2v) is 9.12. The van der Waals surface area contributed by atoms with E-state index in [-0.39, 0.29) is 0 Å². The fourth-order valence-electron chi connectivity index (χ4n) is 5.58. The van der Waals surface area contributed by atoms with Crippen LogP contribution in [0.2, 0.25) is 0 Å². The molecule has 5 atom stereocenters. The third kappa shape index (κ3) is 3.21. The molecule has 6 heterocycles. The Morgan fingerprint density at radius 3 is 2.53 bits per heavy atom. The van der Waals surface area contributed by atoms with Crippen molar-refractivity contribution >= 4 is 5.82 Å². The van der Waals surface area contributed by atoms with Crippen molar-refractivity contribution in [2.75, 3.05) is 19.1 Å². The molecule has 3 fully saturated rings. The second kappa shape index (κ2) is 7.48. The molecule has 3 saturated heterocycles. The molecule has 0 radical (unpaired) electrons. The lowest BCUT2D eigenvalue weighted by molar-refractivity contribution is 0.274. The minimum absolute atomic E-state index is 0.495. The number of ether oxygens (including phenoxy) is 1. The smallest absolute Gasteiger partial charge is 0.223 e. The molecule has 0 amide bonds. The molecular formula is C24H27N7O. The summed E-state index contributed by atoms with van der Waals surface area (Å²) in [6.07, 6.45) is 8.69. The molecular weight excluding hydrogens is 402 g/mol. The van der Waals surface area contributed by atoms with Crippen LogP contribution < -0.4 is 9.64 Å². The van der Waals surface area contributed by atoms with Gasteiger partial charge in [-0.1, -0.05) is 0 Å². The topological polar surface area (TPSA) is 79.9 Å². The lowest BCUT2D eigenvalue weighted by Crippen LogP contribution is -2.42. The normalized spacial score (nSPS) is 27.7. The average Bonchev–Trinajstić information content (AvgIpc) is 3.37. The number of fused-ring (bicyclic) bond motifs is 1. The number of hydrogen-bond donors (Lipinski definition) is 0. The lowest BCUT2D eigenvalue weighted by atomic mass is 9.91. The number of anilines is 1. The summed E-state index contributed by atoms with van der Waals surface area (Å²) in [5, 5.41) is 9.02. The van der Waals surface area contributed by atoms with E-state index in [4.69, 9.17) is 4.74 Å². The standard InChI is InChI=1S/C24H27N7O/c1-14-12-26-20(13-25-14)17-5-6-18(27-24(17)32-3)19-7-9-23(29-28-19)30(2)16-10-15-4-8-21-22(11-16)31(15)21/h5-7,9,12-13,15-16,21-22H,4,8,10-11H2,1-3H3/t15-,16-,21+,22?,31?/m0/s1. The molecule has 3 aliphatic rings. The van der Waals surface area contributed by atoms with Gasteiger partial charge in [0.25, 0.3) is 0 Å². The molecule has 32 heavy (non-hydrogen) atoms. The van der Waals surface area contributed by atoms with E-state index in [1.807, 2.05) is 31.2 Å². The zero-order valence-electron chi connectivity index (χ0n) is 18.6. The molecule has 0 aromatic carbocycles. The molecule has 8 heteroatoms. The third-order valence-corrected chi connectivity index (χ3v) is 7.33. The molecule has 0 bridgehead atoms. The van der Waals surface area contributed by atoms with Gasteiger partial charge in [-0.15, -0.1) is 10.2 Å². The van der Waals surface area contributed by atoms with Gasteiger partial charge < -0.3 is 9.64 Å². The van der Waals surface area contributed by atoms with Crippen molar-refractivity contribution in [1.29, 1.82) is 0 Å². The SMILES string of the molecule is COc1nc(-c2ccc(N(C)[C@@H]3CC4[C@H]5CC[C@@H](C3)N45)nn2)ccc1-c1cnc(C)cn1. The molecule has 0 N–H and O–H groups in total. The molecule has 0 saturated carbocycles. The molecule has 6 rings (SSSR count). The van der Waals surface area contributed by atoms with Crippen LogP contribution in [0.15, 0.2) is 36.7 Å². The predicted molar refractivity (Wildman–Crippen MR) is 121 cm³/mol. The van der Waals surface area contributed by atoms with Crippen molar-refractivity contribution < 1.29 is 4.74 Å². The summed E-state index contributed by atoms with van der Waals surface area (Å²) in [6.45, 7) is 1.91. The van der Waals surface area contributed by atoms with Crippen LogP contribution in [0.5, 0.6) is 5.88 Å². The Bertz CT molecular complexity index is 1130. The van der Waals surface area contributed by atoms with Gasteiger partial charge in [0.15, 0.2) is 5.82 Å². The van der Waals surface area contributed by atoms with Crippen molar-refractivity contribution in [2.24, 2.45) is 0 Å². The Morgan fingerprint density at radius 2 is 1.81 bits per heavy atom. The summed E-state index contributed by atoms with van der Waals surface area (Å²) in [5.74, 6) is 1.41. The Balaban J connectivity index is 1.21. The van der Waals surface area contributed by atoms with Crippen LogP contribution in [0, 0.1) is 6.92 Å². The number of rotatable bonds is 5. The Labute approximate surface area is 187 Å². The molecule has 3 aliphatic heterocycles. The van der Waals surface area contributed by atoms with Crippen LogP contribution in [-0.4, -0.2) is 68.4 Å². The van der Waals surface area contributed by atoms with Crippen molar-refractivity contribution in [3.05, 3.63) is 42.4 Å². The van der Waals surface area contributed by atoms with Gasteiger partial charge in [-0.3, -0.25) is 14.9 Å². The van der Waals surface area contributed by atoms with Crippen molar-refractivity contribution in [1.82, 2.24) is 30.0 Å². The summed E-state index contributed by atoms with van der Waals surface area (Å²) in [6, 6.07) is 10.9. The van der Waals surface area contributed by atoms with Gasteiger partial charge in [0.05, 0.1) is 36.0 Å². The summed E-state index contributed by atoms with van der Waals surface area (Å²) < 4.78 is 5.53. The van der Waals surface area contributed by atoms with Gasteiger partial charge >= 0.3 is 0 Å². The Morgan fingerprint density at radius 1 is 0.938 bits per heavy atom. The van der Waals surface area contributed by atoms with E-state index < -0.39 is 0 Å². The van der Waals surface area contributed by atoms with Crippen LogP contribution in [0.4, 0.5) is 5.82 Å². The number of pyridine rings is 1. The summed E-state index contributed by atoms with van der Waals surface area (Å²) in [4.78, 5) is 18.5. The van der Waals surface area contributed by atoms with E-state index in [9.17, 15) is 0 Å². The van der Waals surface area contributed by atoms with Gasteiger partial charge in [0.1, 0.15) is 5.69 Å². The highest BCUT2D eigenvalue weighted by Crippen LogP contribution is 2.50. The largest absolute Gasteiger partial charge is 0.480 e. The first kappa shape index (κ1) is 19.5. The molecule has 0 spiro atoms. The maximum atomic E-state index is 5.53. The van der Waals surface area contributed by atoms with Crippen LogP contribution in [-0.2, 0) is 0 Å². The van der Waals surface area contributed by atoms with Crippen LogP contribution in [0.25, 0.3) is 22.6 Å². The highest BCUT2D eigenvalue weighted by molar-refractivity contribution is 5.68. The van der Waals surface area contributed by atoms with Crippen molar-refractivity contribution in [2.45, 2.75) is 56.8 Å². The van der Waals surface area contributed by atoms with Gasteiger partial charge in [0.2, 0.25) is 5.88 Å². The molecule has 3 aromatic heterocycles. The Hall–Kier alpha value is -3.13. The quantitative estimate of drug-likeness (QED) is 0.573. The number of piperidine rings is 2. The van der Waals surface area contributed by atoms with E-state index in [1.54, 1.807) is 19.5 Å². The molecule has 2 unspecified atom stereocenters. The van der Waals surface area contributed by atoms with Crippen molar-refractivity contribution in [3.8, 4) is 28.5 Å². The number of aryl methyl sites for hydroxylation is 1. The average molecular weight is 430 g/mol. The van der Waals surface area contributed by atoms with E-state index in [0.717, 1.165) is 52.3 Å². The highest BCUT2D eigenvalue weighted by Gasteiger charge is 2.59. The molecule has 164 valence electrons. The fourth-order valence-corrected chi connectivity index (χ4v) is 5.58. The van der Waals surface area contributed by atoms with Gasteiger partial charge in [-0.2, -0.15) is 0 Å². The maximum absolute atomic E-state index is 5.53. The predicted octanol–water partition coefficient (Wildman–Crippen LogP) is 3.13. The number of methoxy groups -OCH3 is 1. The lowest BCUT2D eigenvalue weighted by Gasteiger charge is -2.35. The second-order valence-electron chi connectivity index (χ2n) is 9.12. The van der Waals surface area contributed by atoms with Gasteiger partial charge in [-0.25, -0.2) is 4.98 Å². The van der Waals surface area contributed by atoms with Crippen molar-refractivity contribution in [3.63, 3.8) is 0 Å². The van der Waals surface area contributed by atoms with Crippen LogP contribution >= 0.6 is 0 Å². The molecule has 8 nitrogen and oxygen atoms in total. The minimum atomic E-state index is 0.495. The first-order chi connectivity index (χ1) is 15.6. The third-order valence-electron chi connectivity index (χ3n) is 7.33. The maximum Gasteiger partial charge on any atom is 0.223 e. The zero-order valence-corrected chi connectivity index (χ0v) is 18.6. The Kier molecular flexibility index (Phi) is 4.57. The summed E-state index contributed by atoms with van der Waals surface area (Å²) in [5.41, 5.74) is 3.83. The first-order valence-corrected chi connectivity index (χ1v) is 11.3. The zero-order chi connectivity index (χ0) is 21.8. The summed E-state index contributed by atoms with van der Waals surface area (Å²) >= 11 is 0. The highest BCUT2D eigenvalue weighted by atomic mass is 16.5. The van der Waals surface area contributed by atoms with Gasteiger partial charge in [0, 0.05) is 37.4 Å². The van der Waals surface area contributed by atoms with Crippen LogP contribution in [0.3, 0.4) is 0 Å². The summed E-state index contributed by atoms with van der Waals surface area (Å²) in [7, 11) is 3.76. The fraction of sp³-hybridized carbons (Fsp3) is 0.458. The van der Waals surface area contributed by atoms with Crippen LogP contribution in [0.1, 0.15) is 31.4 Å². The number of nitrogens with zero attached hydrogens (tertiary/aromatic N) is 7. The van der Waals surface area contributed by atoms with E-state index >= 15 is 0 Å². The number of aromatic nitrogens is 5. The van der Waals surface area contributed by atoms with E-state index in [0.29, 0.717) is 11.9 Å². The van der Waals surface area contributed by atoms with E-state index in [1.165, 1.54) is 25.7 Å².